The van der Waals surface area contributed by atoms with Crippen LogP contribution in [-0.4, -0.2) is 23.7 Å². The Morgan fingerprint density at radius 1 is 1.29 bits per heavy atom. The van der Waals surface area contributed by atoms with E-state index in [4.69, 9.17) is 9.84 Å². The first kappa shape index (κ1) is 12.4. The van der Waals surface area contributed by atoms with E-state index in [1.165, 1.54) is 0 Å². The lowest BCUT2D eigenvalue weighted by atomic mass is 10.3. The highest BCUT2D eigenvalue weighted by atomic mass is 16.5. The Kier molecular flexibility index (Phi) is 7.13. The number of rotatable bonds is 6. The number of carboxylic acid groups (broad SMARTS) is 1. The van der Waals surface area contributed by atoms with E-state index in [1.54, 1.807) is 12.2 Å². The average molecular weight is 198 g/mol. The largest absolute Gasteiger partial charge is 0.481 e. The number of carbonyl (C=O) groups is 2. The van der Waals surface area contributed by atoms with E-state index in [-0.39, 0.29) is 19.4 Å². The van der Waals surface area contributed by atoms with Gasteiger partial charge in [0.15, 0.2) is 0 Å². The van der Waals surface area contributed by atoms with Gasteiger partial charge in [-0.1, -0.05) is 18.2 Å². The van der Waals surface area contributed by atoms with Crippen LogP contribution in [0.25, 0.3) is 0 Å². The van der Waals surface area contributed by atoms with Gasteiger partial charge >= 0.3 is 11.9 Å². The molecule has 0 radical (unpaired) electrons. The Labute approximate surface area is 82.9 Å². The fraction of sp³-hybridized carbons (Fsp3) is 0.400. The van der Waals surface area contributed by atoms with Gasteiger partial charge in [-0.3, -0.25) is 9.59 Å². The average Bonchev–Trinajstić information content (AvgIpc) is 2.14. The summed E-state index contributed by atoms with van der Waals surface area (Å²) in [6, 6.07) is 0. The van der Waals surface area contributed by atoms with Crippen molar-refractivity contribution in [2.75, 3.05) is 6.61 Å². The highest BCUT2D eigenvalue weighted by Gasteiger charge is 2.04. The highest BCUT2D eigenvalue weighted by Crippen LogP contribution is 1.93. The van der Waals surface area contributed by atoms with Crippen LogP contribution in [0.4, 0.5) is 0 Å². The topological polar surface area (TPSA) is 63.6 Å². The van der Waals surface area contributed by atoms with Crippen LogP contribution in [0.3, 0.4) is 0 Å². The molecule has 0 saturated carbocycles. The van der Waals surface area contributed by atoms with Crippen LogP contribution in [0, 0.1) is 0 Å². The van der Waals surface area contributed by atoms with E-state index in [2.05, 4.69) is 0 Å². The first-order chi connectivity index (χ1) is 6.66. The predicted molar refractivity (Wildman–Crippen MR) is 51.8 cm³/mol. The number of hydrogen-bond acceptors (Lipinski definition) is 3. The third kappa shape index (κ3) is 8.52. The van der Waals surface area contributed by atoms with Gasteiger partial charge in [0.1, 0.15) is 6.61 Å². The summed E-state index contributed by atoms with van der Waals surface area (Å²) in [7, 11) is 0. The molecule has 0 aliphatic rings. The van der Waals surface area contributed by atoms with E-state index < -0.39 is 11.9 Å². The maximum atomic E-state index is 10.8. The number of ether oxygens (including phenoxy) is 1. The second-order valence-electron chi connectivity index (χ2n) is 2.53. The van der Waals surface area contributed by atoms with Gasteiger partial charge in [0, 0.05) is 0 Å². The fourth-order valence-electron chi connectivity index (χ4n) is 0.667. The Balaban J connectivity index is 3.49. The minimum Gasteiger partial charge on any atom is -0.481 e. The Morgan fingerprint density at radius 2 is 2.00 bits per heavy atom. The summed E-state index contributed by atoms with van der Waals surface area (Å²) in [5, 5.41) is 8.27. The molecule has 0 amide bonds. The van der Waals surface area contributed by atoms with Crippen LogP contribution in [0.1, 0.15) is 19.8 Å². The standard InChI is InChI=1S/C10H14O4/c1-2-3-4-5-8-14-10(13)7-6-9(11)12/h2-5H,6-8H2,1H3,(H,11,12)/b3-2?,5-4+. The Morgan fingerprint density at radius 3 is 2.57 bits per heavy atom. The molecule has 0 rings (SSSR count). The maximum absolute atomic E-state index is 10.8. The lowest BCUT2D eigenvalue weighted by Crippen LogP contribution is -2.07. The van der Waals surface area contributed by atoms with Crippen LogP contribution >= 0.6 is 0 Å². The monoisotopic (exact) mass is 198 g/mol. The zero-order chi connectivity index (χ0) is 10.8. The third-order valence-corrected chi connectivity index (χ3v) is 1.32. The van der Waals surface area contributed by atoms with E-state index in [9.17, 15) is 9.59 Å². The van der Waals surface area contributed by atoms with Crippen molar-refractivity contribution in [3.8, 4) is 0 Å². The van der Waals surface area contributed by atoms with Crippen LogP contribution in [-0.2, 0) is 14.3 Å². The van der Waals surface area contributed by atoms with Gasteiger partial charge in [-0.15, -0.1) is 0 Å². The van der Waals surface area contributed by atoms with Gasteiger partial charge in [-0.25, -0.2) is 0 Å². The molecular weight excluding hydrogens is 184 g/mol. The molecule has 0 aromatic carbocycles. The van der Waals surface area contributed by atoms with Gasteiger partial charge in [-0.2, -0.15) is 0 Å². The molecule has 4 nitrogen and oxygen atoms in total. The van der Waals surface area contributed by atoms with Gasteiger partial charge in [0.05, 0.1) is 12.8 Å². The van der Waals surface area contributed by atoms with E-state index in [1.807, 2.05) is 19.1 Å². The summed E-state index contributed by atoms with van der Waals surface area (Å²) in [4.78, 5) is 20.9. The lowest BCUT2D eigenvalue weighted by Gasteiger charge is -1.98. The Bertz CT molecular complexity index is 241. The molecule has 78 valence electrons. The number of esters is 1. The van der Waals surface area contributed by atoms with Gasteiger partial charge in [0.2, 0.25) is 0 Å². The molecule has 14 heavy (non-hydrogen) atoms. The first-order valence-electron chi connectivity index (χ1n) is 4.32. The van der Waals surface area contributed by atoms with Crippen molar-refractivity contribution < 1.29 is 19.4 Å². The summed E-state index contributed by atoms with van der Waals surface area (Å²) in [5.74, 6) is -1.48. The fourth-order valence-corrected chi connectivity index (χ4v) is 0.667. The number of carboxylic acids is 1. The molecule has 0 unspecified atom stereocenters. The summed E-state index contributed by atoms with van der Waals surface area (Å²) < 4.78 is 4.72. The number of carbonyl (C=O) groups excluding carboxylic acids is 1. The molecule has 0 saturated heterocycles. The van der Waals surface area contributed by atoms with E-state index >= 15 is 0 Å². The van der Waals surface area contributed by atoms with Gasteiger partial charge in [0.25, 0.3) is 0 Å². The highest BCUT2D eigenvalue weighted by molar-refractivity contribution is 5.76. The summed E-state index contributed by atoms with van der Waals surface area (Å²) in [6.07, 6.45) is 6.83. The summed E-state index contributed by atoms with van der Waals surface area (Å²) in [5.41, 5.74) is 0. The molecule has 0 fully saturated rings. The van der Waals surface area contributed by atoms with Gasteiger partial charge < -0.3 is 9.84 Å². The predicted octanol–water partition coefficient (Wildman–Crippen LogP) is 1.53. The smallest absolute Gasteiger partial charge is 0.306 e. The molecular formula is C10H14O4. The number of allylic oxidation sites excluding steroid dienone is 3. The molecule has 1 N–H and O–H groups in total. The summed E-state index contributed by atoms with van der Waals surface area (Å²) >= 11 is 0. The van der Waals surface area contributed by atoms with Crippen LogP contribution in [0.5, 0.6) is 0 Å². The molecule has 0 aliphatic heterocycles. The van der Waals surface area contributed by atoms with Crippen molar-refractivity contribution >= 4 is 11.9 Å². The van der Waals surface area contributed by atoms with Crippen molar-refractivity contribution in [2.45, 2.75) is 19.8 Å². The van der Waals surface area contributed by atoms with Crippen LogP contribution in [0.15, 0.2) is 24.3 Å². The normalized spacial score (nSPS) is 10.9. The summed E-state index contributed by atoms with van der Waals surface area (Å²) in [6.45, 7) is 2.06. The third-order valence-electron chi connectivity index (χ3n) is 1.32. The maximum Gasteiger partial charge on any atom is 0.306 e. The molecule has 0 aromatic rings. The number of aliphatic carboxylic acids is 1. The van der Waals surface area contributed by atoms with Crippen LogP contribution in [0.2, 0.25) is 0 Å². The Hall–Kier alpha value is -1.58. The lowest BCUT2D eigenvalue weighted by molar-refractivity contribution is -0.146. The van der Waals surface area contributed by atoms with Crippen molar-refractivity contribution in [1.29, 1.82) is 0 Å². The second-order valence-corrected chi connectivity index (χ2v) is 2.53. The van der Waals surface area contributed by atoms with Crippen molar-refractivity contribution in [3.63, 3.8) is 0 Å². The zero-order valence-corrected chi connectivity index (χ0v) is 8.10. The number of hydrogen-bond donors (Lipinski definition) is 1. The minimum absolute atomic E-state index is 0.0766. The second kappa shape index (κ2) is 8.04. The first-order valence-corrected chi connectivity index (χ1v) is 4.32. The molecule has 0 aromatic heterocycles. The van der Waals surface area contributed by atoms with E-state index in [0.29, 0.717) is 0 Å². The van der Waals surface area contributed by atoms with Crippen LogP contribution < -0.4 is 0 Å². The molecule has 4 heteroatoms. The van der Waals surface area contributed by atoms with E-state index in [0.717, 1.165) is 0 Å². The molecule has 0 spiro atoms. The zero-order valence-electron chi connectivity index (χ0n) is 8.10. The SMILES string of the molecule is CC=C/C=C/COC(=O)CCC(=O)O. The van der Waals surface area contributed by atoms with Gasteiger partial charge in [-0.05, 0) is 13.0 Å². The van der Waals surface area contributed by atoms with Crippen molar-refractivity contribution in [1.82, 2.24) is 0 Å². The molecule has 0 bridgehead atoms. The van der Waals surface area contributed by atoms with Crippen molar-refractivity contribution in [2.24, 2.45) is 0 Å². The molecule has 0 atom stereocenters. The van der Waals surface area contributed by atoms with Crippen molar-refractivity contribution in [3.05, 3.63) is 24.3 Å². The quantitative estimate of drug-likeness (QED) is 0.519. The minimum atomic E-state index is -0.994. The molecule has 0 aliphatic carbocycles. The molecule has 0 heterocycles.